The molecule has 0 radical (unpaired) electrons. The predicted molar refractivity (Wildman–Crippen MR) is 65.4 cm³/mol. The van der Waals surface area contributed by atoms with Crippen molar-refractivity contribution in [1.29, 1.82) is 0 Å². The van der Waals surface area contributed by atoms with Crippen molar-refractivity contribution in [2.45, 2.75) is 17.6 Å². The van der Waals surface area contributed by atoms with Crippen LogP contribution < -0.4 is 9.47 Å². The van der Waals surface area contributed by atoms with E-state index >= 15 is 0 Å². The van der Waals surface area contributed by atoms with Crippen molar-refractivity contribution >= 4 is 17.7 Å². The maximum absolute atomic E-state index is 11.3. The van der Waals surface area contributed by atoms with Gasteiger partial charge in [-0.2, -0.15) is 0 Å². The number of esters is 1. The molecule has 0 N–H and O–H groups in total. The van der Waals surface area contributed by atoms with Gasteiger partial charge in [0.05, 0.1) is 14.2 Å². The summed E-state index contributed by atoms with van der Waals surface area (Å²) >= 11 is 1.49. The maximum Gasteiger partial charge on any atom is 0.320 e. The van der Waals surface area contributed by atoms with Crippen LogP contribution in [-0.4, -0.2) is 25.4 Å². The topological polar surface area (TPSA) is 44.8 Å². The zero-order valence-electron chi connectivity index (χ0n) is 9.93. The van der Waals surface area contributed by atoms with Crippen LogP contribution in [0.25, 0.3) is 0 Å². The molecule has 2 unspecified atom stereocenters. The van der Waals surface area contributed by atoms with Crippen LogP contribution in [0.5, 0.6) is 11.5 Å². The van der Waals surface area contributed by atoms with Crippen molar-refractivity contribution in [2.75, 3.05) is 14.2 Å². The molecule has 1 aliphatic heterocycles. The predicted octanol–water partition coefficient (Wildman–Crippen LogP) is 2.38. The summed E-state index contributed by atoms with van der Waals surface area (Å²) < 4.78 is 15.6. The number of benzene rings is 1. The Kier molecular flexibility index (Phi) is 3.47. The third-order valence-corrected chi connectivity index (χ3v) is 3.78. The average molecular weight is 254 g/mol. The molecule has 1 heterocycles. The van der Waals surface area contributed by atoms with Gasteiger partial charge in [-0.1, -0.05) is 17.8 Å². The molecule has 0 saturated carbocycles. The van der Waals surface area contributed by atoms with Gasteiger partial charge in [0.25, 0.3) is 0 Å². The molecular formula is C12H14O4S. The lowest BCUT2D eigenvalue weighted by molar-refractivity contribution is -0.142. The molecule has 0 aliphatic carbocycles. The van der Waals surface area contributed by atoms with Gasteiger partial charge in [-0.15, -0.1) is 0 Å². The third kappa shape index (κ3) is 2.34. The summed E-state index contributed by atoms with van der Waals surface area (Å²) in [5, 5.41) is -0.118. The number of cyclic esters (lactones) is 1. The third-order valence-electron chi connectivity index (χ3n) is 2.56. The molecule has 17 heavy (non-hydrogen) atoms. The van der Waals surface area contributed by atoms with Crippen LogP contribution in [0.15, 0.2) is 18.2 Å². The highest BCUT2D eigenvalue weighted by Crippen LogP contribution is 2.42. The first-order valence-electron chi connectivity index (χ1n) is 5.23. The number of hydrogen-bond donors (Lipinski definition) is 0. The quantitative estimate of drug-likeness (QED) is 0.775. The molecule has 1 fully saturated rings. The van der Waals surface area contributed by atoms with E-state index in [-0.39, 0.29) is 16.7 Å². The standard InChI is InChI=1S/C12H14O4S/c1-7-11(13)16-12(17-7)8-4-5-9(14-2)10(6-8)15-3/h4-7,12H,1-3H3. The van der Waals surface area contributed by atoms with Gasteiger partial charge < -0.3 is 14.2 Å². The lowest BCUT2D eigenvalue weighted by atomic mass is 10.2. The Hall–Kier alpha value is -1.36. The number of ether oxygens (including phenoxy) is 3. The largest absolute Gasteiger partial charge is 0.493 e. The number of carbonyl (C=O) groups is 1. The minimum atomic E-state index is -0.252. The average Bonchev–Trinajstić information content (AvgIpc) is 2.68. The summed E-state index contributed by atoms with van der Waals surface area (Å²) in [6, 6.07) is 5.53. The van der Waals surface area contributed by atoms with E-state index in [9.17, 15) is 4.79 Å². The van der Waals surface area contributed by atoms with Gasteiger partial charge >= 0.3 is 5.97 Å². The van der Waals surface area contributed by atoms with Crippen molar-refractivity contribution < 1.29 is 19.0 Å². The van der Waals surface area contributed by atoms with E-state index in [1.54, 1.807) is 14.2 Å². The minimum absolute atomic E-state index is 0.118. The van der Waals surface area contributed by atoms with E-state index in [4.69, 9.17) is 14.2 Å². The van der Waals surface area contributed by atoms with E-state index in [0.717, 1.165) is 5.56 Å². The minimum Gasteiger partial charge on any atom is -0.493 e. The number of hydrogen-bond acceptors (Lipinski definition) is 5. The van der Waals surface area contributed by atoms with Gasteiger partial charge in [0.1, 0.15) is 5.25 Å². The molecule has 0 bridgehead atoms. The Morgan fingerprint density at radius 3 is 2.47 bits per heavy atom. The summed E-state index contributed by atoms with van der Waals surface area (Å²) in [7, 11) is 3.17. The molecule has 1 aromatic carbocycles. The zero-order chi connectivity index (χ0) is 12.4. The normalized spacial score (nSPS) is 23.4. The molecule has 92 valence electrons. The molecule has 1 aromatic rings. The maximum atomic E-state index is 11.3. The Balaban J connectivity index is 2.25. The van der Waals surface area contributed by atoms with Gasteiger partial charge in [0.2, 0.25) is 0 Å². The van der Waals surface area contributed by atoms with E-state index in [2.05, 4.69) is 0 Å². The molecule has 1 saturated heterocycles. The lowest BCUT2D eigenvalue weighted by Crippen LogP contribution is -2.06. The smallest absolute Gasteiger partial charge is 0.320 e. The van der Waals surface area contributed by atoms with Crippen molar-refractivity contribution in [1.82, 2.24) is 0 Å². The molecule has 0 amide bonds. The number of carbonyl (C=O) groups excluding carboxylic acids is 1. The molecule has 1 aliphatic rings. The van der Waals surface area contributed by atoms with Crippen LogP contribution >= 0.6 is 11.8 Å². The first-order chi connectivity index (χ1) is 8.15. The second-order valence-electron chi connectivity index (χ2n) is 3.66. The van der Waals surface area contributed by atoms with Crippen molar-refractivity contribution in [3.8, 4) is 11.5 Å². The fraction of sp³-hybridized carbons (Fsp3) is 0.417. The number of rotatable bonds is 3. The number of thioether (sulfide) groups is 1. The SMILES string of the molecule is COc1ccc(C2OC(=O)C(C)S2)cc1OC. The second-order valence-corrected chi connectivity index (χ2v) is 5.07. The van der Waals surface area contributed by atoms with Gasteiger partial charge in [0.15, 0.2) is 16.9 Å². The van der Waals surface area contributed by atoms with E-state index < -0.39 is 0 Å². The van der Waals surface area contributed by atoms with Gasteiger partial charge in [0, 0.05) is 5.56 Å². The summed E-state index contributed by atoms with van der Waals surface area (Å²) in [4.78, 5) is 11.3. The highest BCUT2D eigenvalue weighted by atomic mass is 32.2. The summed E-state index contributed by atoms with van der Waals surface area (Å²) in [6.07, 6.45) is 0. The van der Waals surface area contributed by atoms with E-state index in [1.165, 1.54) is 11.8 Å². The van der Waals surface area contributed by atoms with Crippen LogP contribution in [0.1, 0.15) is 17.9 Å². The Morgan fingerprint density at radius 1 is 1.24 bits per heavy atom. The molecule has 0 spiro atoms. The molecule has 0 aromatic heterocycles. The molecule has 4 nitrogen and oxygen atoms in total. The Morgan fingerprint density at radius 2 is 1.94 bits per heavy atom. The molecule has 5 heteroatoms. The Labute approximate surface area is 104 Å². The van der Waals surface area contributed by atoms with Crippen molar-refractivity contribution in [3.05, 3.63) is 23.8 Å². The fourth-order valence-electron chi connectivity index (χ4n) is 1.62. The first-order valence-corrected chi connectivity index (χ1v) is 6.18. The molecule has 2 rings (SSSR count). The van der Waals surface area contributed by atoms with Crippen LogP contribution in [0, 0.1) is 0 Å². The summed E-state index contributed by atoms with van der Waals surface area (Å²) in [5.41, 5.74) is 0.655. The van der Waals surface area contributed by atoms with Crippen LogP contribution in [0.4, 0.5) is 0 Å². The van der Waals surface area contributed by atoms with Crippen LogP contribution in [-0.2, 0) is 9.53 Å². The zero-order valence-corrected chi connectivity index (χ0v) is 10.7. The van der Waals surface area contributed by atoms with Gasteiger partial charge in [-0.05, 0) is 19.1 Å². The second kappa shape index (κ2) is 4.87. The molecule has 2 atom stereocenters. The van der Waals surface area contributed by atoms with Crippen LogP contribution in [0.2, 0.25) is 0 Å². The lowest BCUT2D eigenvalue weighted by Gasteiger charge is -2.12. The monoisotopic (exact) mass is 254 g/mol. The highest BCUT2D eigenvalue weighted by molar-refractivity contribution is 8.01. The van der Waals surface area contributed by atoms with Crippen molar-refractivity contribution in [3.63, 3.8) is 0 Å². The highest BCUT2D eigenvalue weighted by Gasteiger charge is 2.33. The van der Waals surface area contributed by atoms with Crippen LogP contribution in [0.3, 0.4) is 0 Å². The molecular weight excluding hydrogens is 240 g/mol. The summed E-state index contributed by atoms with van der Waals surface area (Å²) in [6.45, 7) is 1.84. The Bertz CT molecular complexity index is 433. The van der Waals surface area contributed by atoms with E-state index in [1.807, 2.05) is 25.1 Å². The van der Waals surface area contributed by atoms with Crippen molar-refractivity contribution in [2.24, 2.45) is 0 Å². The van der Waals surface area contributed by atoms with Gasteiger partial charge in [-0.25, -0.2) is 0 Å². The first kappa shape index (κ1) is 12.1. The summed E-state index contributed by atoms with van der Waals surface area (Å²) in [5.74, 6) is 1.13. The fourth-order valence-corrected chi connectivity index (χ4v) is 2.61. The van der Waals surface area contributed by atoms with Gasteiger partial charge in [-0.3, -0.25) is 4.79 Å². The van der Waals surface area contributed by atoms with E-state index in [0.29, 0.717) is 11.5 Å². The number of methoxy groups -OCH3 is 2.